The van der Waals surface area contributed by atoms with E-state index in [9.17, 15) is 5.11 Å². The Balaban J connectivity index is 1.97. The van der Waals surface area contributed by atoms with Crippen molar-refractivity contribution >= 4 is 0 Å². The molecule has 1 heterocycles. The fourth-order valence-electron chi connectivity index (χ4n) is 3.23. The Hall–Kier alpha value is -3.33. The summed E-state index contributed by atoms with van der Waals surface area (Å²) in [6, 6.07) is 24.2. The van der Waals surface area contributed by atoms with Gasteiger partial charge < -0.3 is 5.11 Å². The Morgan fingerprint density at radius 3 is 2.11 bits per heavy atom. The van der Waals surface area contributed by atoms with Crippen molar-refractivity contribution in [2.45, 2.75) is 20.8 Å². The molecule has 0 aliphatic rings. The predicted octanol–water partition coefficient (Wildman–Crippen LogP) is 5.84. The zero-order chi connectivity index (χ0) is 19.0. The zero-order valence-electron chi connectivity index (χ0n) is 15.8. The largest absolute Gasteiger partial charge is 0.493 e. The highest BCUT2D eigenvalue weighted by Crippen LogP contribution is 2.39. The molecule has 0 aliphatic carbocycles. The highest BCUT2D eigenvalue weighted by Gasteiger charge is 2.21. The van der Waals surface area contributed by atoms with Gasteiger partial charge in [0, 0.05) is 5.56 Å². The molecular weight excluding hydrogens is 332 g/mol. The van der Waals surface area contributed by atoms with Gasteiger partial charge in [0.15, 0.2) is 0 Å². The quantitative estimate of drug-likeness (QED) is 0.502. The maximum absolute atomic E-state index is 11.1. The van der Waals surface area contributed by atoms with E-state index in [1.807, 2.05) is 48.5 Å². The molecule has 0 fully saturated rings. The van der Waals surface area contributed by atoms with E-state index in [1.165, 1.54) is 16.7 Å². The van der Waals surface area contributed by atoms with Crippen LogP contribution in [0.3, 0.4) is 0 Å². The molecule has 0 bridgehead atoms. The van der Waals surface area contributed by atoms with Gasteiger partial charge in [0.2, 0.25) is 5.88 Å². The Morgan fingerprint density at radius 1 is 0.741 bits per heavy atom. The fraction of sp³-hybridized carbons (Fsp3) is 0.125. The van der Waals surface area contributed by atoms with Crippen molar-refractivity contribution < 1.29 is 5.11 Å². The standard InChI is InChI=1S/C24H22N2O/c1-16-9-12-20(13-10-16)23-22(19-7-5-4-6-8-19)24(27)26(25-23)21-14-11-17(2)18(3)15-21/h4-15,27H,1-3H3. The van der Waals surface area contributed by atoms with Gasteiger partial charge in [-0.15, -0.1) is 0 Å². The minimum absolute atomic E-state index is 0.153. The van der Waals surface area contributed by atoms with Crippen molar-refractivity contribution in [2.24, 2.45) is 0 Å². The van der Waals surface area contributed by atoms with Gasteiger partial charge in [0.1, 0.15) is 5.69 Å². The molecular formula is C24H22N2O. The summed E-state index contributed by atoms with van der Waals surface area (Å²) >= 11 is 0. The third kappa shape index (κ3) is 3.13. The second kappa shape index (κ2) is 6.76. The van der Waals surface area contributed by atoms with Crippen molar-refractivity contribution in [3.8, 4) is 34.0 Å². The van der Waals surface area contributed by atoms with Crippen LogP contribution < -0.4 is 0 Å². The number of rotatable bonds is 3. The summed E-state index contributed by atoms with van der Waals surface area (Å²) in [4.78, 5) is 0. The third-order valence-corrected chi connectivity index (χ3v) is 4.98. The van der Waals surface area contributed by atoms with Crippen LogP contribution in [0.15, 0.2) is 72.8 Å². The molecule has 0 amide bonds. The predicted molar refractivity (Wildman–Crippen MR) is 110 cm³/mol. The number of hydrogen-bond acceptors (Lipinski definition) is 2. The number of aromatic nitrogens is 2. The van der Waals surface area contributed by atoms with Crippen LogP contribution in [0, 0.1) is 20.8 Å². The zero-order valence-corrected chi connectivity index (χ0v) is 15.8. The summed E-state index contributed by atoms with van der Waals surface area (Å²) in [5.74, 6) is 0.153. The average molecular weight is 354 g/mol. The maximum Gasteiger partial charge on any atom is 0.222 e. The number of nitrogens with zero attached hydrogens (tertiary/aromatic N) is 2. The molecule has 134 valence electrons. The number of benzene rings is 3. The van der Waals surface area contributed by atoms with Crippen molar-refractivity contribution in [3.05, 3.63) is 89.5 Å². The van der Waals surface area contributed by atoms with Crippen molar-refractivity contribution in [2.75, 3.05) is 0 Å². The van der Waals surface area contributed by atoms with Crippen molar-refractivity contribution in [1.29, 1.82) is 0 Å². The van der Waals surface area contributed by atoms with Gasteiger partial charge in [-0.3, -0.25) is 0 Å². The minimum atomic E-state index is 0.153. The molecule has 0 unspecified atom stereocenters. The van der Waals surface area contributed by atoms with E-state index in [-0.39, 0.29) is 5.88 Å². The molecule has 0 spiro atoms. The first kappa shape index (κ1) is 17.1. The molecule has 1 N–H and O–H groups in total. The van der Waals surface area contributed by atoms with Crippen LogP contribution in [0.5, 0.6) is 5.88 Å². The molecule has 3 aromatic carbocycles. The molecule has 4 aromatic rings. The van der Waals surface area contributed by atoms with E-state index in [2.05, 4.69) is 45.0 Å². The molecule has 0 radical (unpaired) electrons. The summed E-state index contributed by atoms with van der Waals surface area (Å²) < 4.78 is 1.63. The number of hydrogen-bond donors (Lipinski definition) is 1. The van der Waals surface area contributed by atoms with Crippen LogP contribution in [-0.4, -0.2) is 14.9 Å². The van der Waals surface area contributed by atoms with Gasteiger partial charge >= 0.3 is 0 Å². The van der Waals surface area contributed by atoms with Crippen LogP contribution in [0.4, 0.5) is 0 Å². The Labute approximate surface area is 159 Å². The van der Waals surface area contributed by atoms with Crippen LogP contribution in [0.25, 0.3) is 28.1 Å². The van der Waals surface area contributed by atoms with E-state index in [0.717, 1.165) is 28.1 Å². The Kier molecular flexibility index (Phi) is 4.28. The van der Waals surface area contributed by atoms with E-state index in [1.54, 1.807) is 4.68 Å². The maximum atomic E-state index is 11.1. The van der Waals surface area contributed by atoms with Crippen molar-refractivity contribution in [1.82, 2.24) is 9.78 Å². The first-order valence-corrected chi connectivity index (χ1v) is 9.06. The second-order valence-corrected chi connectivity index (χ2v) is 6.96. The van der Waals surface area contributed by atoms with E-state index >= 15 is 0 Å². The van der Waals surface area contributed by atoms with Crippen LogP contribution in [0.2, 0.25) is 0 Å². The van der Waals surface area contributed by atoms with Gasteiger partial charge in [0.25, 0.3) is 0 Å². The first-order valence-electron chi connectivity index (χ1n) is 9.06. The average Bonchev–Trinajstić information content (AvgIpc) is 3.02. The third-order valence-electron chi connectivity index (χ3n) is 4.98. The molecule has 1 aromatic heterocycles. The lowest BCUT2D eigenvalue weighted by molar-refractivity contribution is 0.435. The topological polar surface area (TPSA) is 38.0 Å². The van der Waals surface area contributed by atoms with Gasteiger partial charge in [-0.1, -0.05) is 66.2 Å². The van der Waals surface area contributed by atoms with Gasteiger partial charge in [0.05, 0.1) is 11.3 Å². The summed E-state index contributed by atoms with van der Waals surface area (Å²) in [7, 11) is 0. The first-order chi connectivity index (χ1) is 13.0. The molecule has 0 saturated heterocycles. The molecule has 3 heteroatoms. The van der Waals surface area contributed by atoms with Gasteiger partial charge in [-0.05, 0) is 49.6 Å². The SMILES string of the molecule is Cc1ccc(-c2nn(-c3ccc(C)c(C)c3)c(O)c2-c2ccccc2)cc1. The van der Waals surface area contributed by atoms with E-state index < -0.39 is 0 Å². The lowest BCUT2D eigenvalue weighted by Gasteiger charge is -2.07. The monoisotopic (exact) mass is 354 g/mol. The molecule has 3 nitrogen and oxygen atoms in total. The summed E-state index contributed by atoms with van der Waals surface area (Å²) in [5, 5.41) is 15.9. The fourth-order valence-corrected chi connectivity index (χ4v) is 3.23. The van der Waals surface area contributed by atoms with Crippen molar-refractivity contribution in [3.63, 3.8) is 0 Å². The highest BCUT2D eigenvalue weighted by molar-refractivity contribution is 5.85. The summed E-state index contributed by atoms with van der Waals surface area (Å²) in [6.45, 7) is 6.21. The van der Waals surface area contributed by atoms with E-state index in [4.69, 9.17) is 5.10 Å². The smallest absolute Gasteiger partial charge is 0.222 e. The molecule has 0 saturated carbocycles. The second-order valence-electron chi connectivity index (χ2n) is 6.96. The van der Waals surface area contributed by atoms with Gasteiger partial charge in [-0.2, -0.15) is 5.10 Å². The number of aromatic hydroxyl groups is 1. The molecule has 27 heavy (non-hydrogen) atoms. The van der Waals surface area contributed by atoms with E-state index in [0.29, 0.717) is 0 Å². The minimum Gasteiger partial charge on any atom is -0.493 e. The number of aryl methyl sites for hydroxylation is 3. The van der Waals surface area contributed by atoms with Crippen LogP contribution in [-0.2, 0) is 0 Å². The highest BCUT2D eigenvalue weighted by atomic mass is 16.3. The van der Waals surface area contributed by atoms with Crippen LogP contribution >= 0.6 is 0 Å². The lowest BCUT2D eigenvalue weighted by atomic mass is 10.0. The molecule has 0 atom stereocenters. The molecule has 0 aliphatic heterocycles. The Bertz CT molecular complexity index is 1090. The molecule has 4 rings (SSSR count). The summed E-state index contributed by atoms with van der Waals surface area (Å²) in [6.07, 6.45) is 0. The normalized spacial score (nSPS) is 10.9. The lowest BCUT2D eigenvalue weighted by Crippen LogP contribution is -1.97. The van der Waals surface area contributed by atoms with Crippen LogP contribution in [0.1, 0.15) is 16.7 Å². The van der Waals surface area contributed by atoms with Gasteiger partial charge in [-0.25, -0.2) is 4.68 Å². The Morgan fingerprint density at radius 2 is 1.44 bits per heavy atom. The summed E-state index contributed by atoms with van der Waals surface area (Å²) in [5.41, 5.74) is 7.88.